The van der Waals surface area contributed by atoms with Crippen LogP contribution in [0.25, 0.3) is 5.57 Å². The highest BCUT2D eigenvalue weighted by molar-refractivity contribution is 5.88. The fraction of sp³-hybridized carbons (Fsp3) is 0.148. The topological polar surface area (TPSA) is 20.3 Å². The third-order valence-corrected chi connectivity index (χ3v) is 5.47. The molecule has 0 radical (unpaired) electrons. The molecule has 144 valence electrons. The maximum atomic E-state index is 12.9. The predicted molar refractivity (Wildman–Crippen MR) is 119 cm³/mol. The van der Waals surface area contributed by atoms with Crippen molar-refractivity contribution in [2.24, 2.45) is 5.92 Å². The number of rotatable bonds is 6. The van der Waals surface area contributed by atoms with Crippen LogP contribution in [0.5, 0.6) is 0 Å². The molecule has 29 heavy (non-hydrogen) atoms. The summed E-state index contributed by atoms with van der Waals surface area (Å²) in [4.78, 5) is 14.9. The number of nitrogens with zero attached hydrogens (tertiary/aromatic N) is 1. The second kappa shape index (κ2) is 8.74. The van der Waals surface area contributed by atoms with Gasteiger partial charge < -0.3 is 4.90 Å². The van der Waals surface area contributed by atoms with Crippen LogP contribution in [0, 0.1) is 5.92 Å². The number of allylic oxidation sites excluding steroid dienone is 3. The summed E-state index contributed by atoms with van der Waals surface area (Å²) in [5, 5.41) is 0. The molecule has 2 nitrogen and oxygen atoms in total. The zero-order valence-corrected chi connectivity index (χ0v) is 16.6. The minimum Gasteiger partial charge on any atom is -0.330 e. The number of carbonyl (C=O) groups is 1. The summed E-state index contributed by atoms with van der Waals surface area (Å²) in [7, 11) is 0. The van der Waals surface area contributed by atoms with E-state index in [9.17, 15) is 4.79 Å². The van der Waals surface area contributed by atoms with Gasteiger partial charge in [-0.3, -0.25) is 4.79 Å². The third kappa shape index (κ3) is 4.22. The molecule has 1 fully saturated rings. The Balaban J connectivity index is 1.55. The van der Waals surface area contributed by atoms with Crippen LogP contribution in [0.4, 0.5) is 0 Å². The molecule has 2 atom stereocenters. The van der Waals surface area contributed by atoms with Gasteiger partial charge in [0.1, 0.15) is 0 Å². The van der Waals surface area contributed by atoms with Crippen molar-refractivity contribution in [3.63, 3.8) is 0 Å². The molecule has 3 aromatic rings. The zero-order valence-electron chi connectivity index (χ0n) is 16.6. The van der Waals surface area contributed by atoms with Crippen molar-refractivity contribution < 1.29 is 4.79 Å². The lowest BCUT2D eigenvalue weighted by Gasteiger charge is -2.46. The van der Waals surface area contributed by atoms with Gasteiger partial charge in [-0.2, -0.15) is 0 Å². The van der Waals surface area contributed by atoms with Crippen molar-refractivity contribution in [1.82, 2.24) is 4.90 Å². The van der Waals surface area contributed by atoms with E-state index in [0.29, 0.717) is 6.54 Å². The second-order valence-corrected chi connectivity index (χ2v) is 7.43. The van der Waals surface area contributed by atoms with Crippen LogP contribution in [0.1, 0.15) is 29.7 Å². The van der Waals surface area contributed by atoms with Crippen LogP contribution in [0.3, 0.4) is 0 Å². The first-order chi connectivity index (χ1) is 14.2. The van der Waals surface area contributed by atoms with E-state index in [1.807, 2.05) is 71.6 Å². The van der Waals surface area contributed by atoms with Crippen LogP contribution < -0.4 is 0 Å². The average Bonchev–Trinajstić information content (AvgIpc) is 2.79. The maximum Gasteiger partial charge on any atom is 0.232 e. The Kier molecular flexibility index (Phi) is 5.71. The van der Waals surface area contributed by atoms with Crippen LogP contribution >= 0.6 is 0 Å². The minimum atomic E-state index is -0.124. The van der Waals surface area contributed by atoms with Gasteiger partial charge in [0, 0.05) is 6.54 Å². The fourth-order valence-corrected chi connectivity index (χ4v) is 3.87. The molecule has 3 aromatic carbocycles. The Morgan fingerprint density at radius 2 is 1.45 bits per heavy atom. The van der Waals surface area contributed by atoms with E-state index in [2.05, 4.69) is 49.4 Å². The van der Waals surface area contributed by atoms with Gasteiger partial charge in [0.15, 0.2) is 0 Å². The van der Waals surface area contributed by atoms with E-state index in [4.69, 9.17) is 0 Å². The van der Waals surface area contributed by atoms with Crippen molar-refractivity contribution in [3.05, 3.63) is 126 Å². The molecular weight excluding hydrogens is 354 g/mol. The largest absolute Gasteiger partial charge is 0.330 e. The van der Waals surface area contributed by atoms with Gasteiger partial charge in [-0.15, -0.1) is 0 Å². The van der Waals surface area contributed by atoms with Crippen LogP contribution in [0.2, 0.25) is 0 Å². The van der Waals surface area contributed by atoms with E-state index in [-0.39, 0.29) is 17.9 Å². The van der Waals surface area contributed by atoms with Gasteiger partial charge in [0.05, 0.1) is 12.0 Å². The summed E-state index contributed by atoms with van der Waals surface area (Å²) >= 11 is 0. The van der Waals surface area contributed by atoms with Crippen LogP contribution in [-0.4, -0.2) is 10.8 Å². The van der Waals surface area contributed by atoms with E-state index in [0.717, 1.165) is 5.56 Å². The van der Waals surface area contributed by atoms with Crippen LogP contribution in [-0.2, 0) is 11.3 Å². The van der Waals surface area contributed by atoms with Gasteiger partial charge in [0.2, 0.25) is 5.91 Å². The molecule has 1 aliphatic rings. The quantitative estimate of drug-likeness (QED) is 0.377. The standard InChI is InChI=1S/C27H25NO/c1-21(23-15-7-3-8-16-23)12-11-19-25-26(24-17-9-4-10-18-24)28(27(25)29)20-22-13-5-2-6-14-22/h2-19,25-26H,20H2,1H3/b19-11-,21-12-/t25-,26-/m1/s1. The molecule has 0 aliphatic carbocycles. The van der Waals surface area contributed by atoms with Gasteiger partial charge in [0.25, 0.3) is 0 Å². The highest BCUT2D eigenvalue weighted by Gasteiger charge is 2.46. The normalized spacial score (nSPS) is 19.4. The highest BCUT2D eigenvalue weighted by atomic mass is 16.2. The lowest BCUT2D eigenvalue weighted by molar-refractivity contribution is -0.154. The van der Waals surface area contributed by atoms with Crippen molar-refractivity contribution >= 4 is 11.5 Å². The van der Waals surface area contributed by atoms with E-state index in [1.54, 1.807) is 0 Å². The van der Waals surface area contributed by atoms with Gasteiger partial charge >= 0.3 is 0 Å². The average molecular weight is 380 g/mol. The number of hydrogen-bond donors (Lipinski definition) is 0. The smallest absolute Gasteiger partial charge is 0.232 e. The molecule has 0 bridgehead atoms. The zero-order chi connectivity index (χ0) is 20.1. The highest BCUT2D eigenvalue weighted by Crippen LogP contribution is 2.42. The molecule has 4 rings (SSSR count). The Hall–Kier alpha value is -3.39. The fourth-order valence-electron chi connectivity index (χ4n) is 3.87. The maximum absolute atomic E-state index is 12.9. The minimum absolute atomic E-state index is 0.0746. The van der Waals surface area contributed by atoms with Crippen molar-refractivity contribution in [1.29, 1.82) is 0 Å². The number of likely N-dealkylation sites (tertiary alicyclic amines) is 1. The SMILES string of the molecule is C/C(=C/C=C\[C@H]1C(=O)N(Cc2ccccc2)[C@@H]1c1ccccc1)c1ccccc1. The summed E-state index contributed by atoms with van der Waals surface area (Å²) in [6.07, 6.45) is 6.17. The van der Waals surface area contributed by atoms with E-state index >= 15 is 0 Å². The summed E-state index contributed by atoms with van der Waals surface area (Å²) < 4.78 is 0. The number of carbonyl (C=O) groups excluding carboxylic acids is 1. The van der Waals surface area contributed by atoms with E-state index in [1.165, 1.54) is 16.7 Å². The Labute approximate surface area is 172 Å². The van der Waals surface area contributed by atoms with Gasteiger partial charge in [-0.05, 0) is 29.2 Å². The molecular formula is C27H25NO. The summed E-state index contributed by atoms with van der Waals surface area (Å²) in [5.41, 5.74) is 4.72. The molecule has 1 heterocycles. The Bertz CT molecular complexity index is 1010. The molecule has 0 unspecified atom stereocenters. The van der Waals surface area contributed by atoms with E-state index < -0.39 is 0 Å². The predicted octanol–water partition coefficient (Wildman–Crippen LogP) is 6.05. The lowest BCUT2D eigenvalue weighted by Crippen LogP contribution is -2.53. The molecule has 2 heteroatoms. The summed E-state index contributed by atoms with van der Waals surface area (Å²) in [5.74, 6) is 0.0608. The third-order valence-electron chi connectivity index (χ3n) is 5.47. The number of benzene rings is 3. The summed E-state index contributed by atoms with van der Waals surface area (Å²) in [6, 6.07) is 30.9. The Morgan fingerprint density at radius 3 is 2.10 bits per heavy atom. The number of β-lactam (4-membered cyclic amide) rings is 1. The molecule has 1 aliphatic heterocycles. The number of amides is 1. The van der Waals surface area contributed by atoms with Gasteiger partial charge in [-0.25, -0.2) is 0 Å². The second-order valence-electron chi connectivity index (χ2n) is 7.43. The first-order valence-corrected chi connectivity index (χ1v) is 10.0. The van der Waals surface area contributed by atoms with Crippen LogP contribution in [0.15, 0.2) is 109 Å². The first kappa shape index (κ1) is 18.9. The molecule has 0 aromatic heterocycles. The summed E-state index contributed by atoms with van der Waals surface area (Å²) in [6.45, 7) is 2.74. The van der Waals surface area contributed by atoms with Gasteiger partial charge in [-0.1, -0.05) is 109 Å². The van der Waals surface area contributed by atoms with Crippen molar-refractivity contribution in [2.45, 2.75) is 19.5 Å². The molecule has 0 saturated carbocycles. The molecule has 1 saturated heterocycles. The molecule has 1 amide bonds. The molecule has 0 spiro atoms. The molecule has 0 N–H and O–H groups in total. The monoisotopic (exact) mass is 379 g/mol. The Morgan fingerprint density at radius 1 is 0.862 bits per heavy atom. The first-order valence-electron chi connectivity index (χ1n) is 10.0. The lowest BCUT2D eigenvalue weighted by atomic mass is 9.81. The van der Waals surface area contributed by atoms with Crippen molar-refractivity contribution in [3.8, 4) is 0 Å². The number of hydrogen-bond acceptors (Lipinski definition) is 1. The van der Waals surface area contributed by atoms with Crippen molar-refractivity contribution in [2.75, 3.05) is 0 Å².